The fourth-order valence-electron chi connectivity index (χ4n) is 2.65. The maximum Gasteiger partial charge on any atom is 0.123 e. The smallest absolute Gasteiger partial charge is 0.123 e. The predicted octanol–water partition coefficient (Wildman–Crippen LogP) is 1.86. The van der Waals surface area contributed by atoms with Crippen LogP contribution in [0.25, 0.3) is 0 Å². The summed E-state index contributed by atoms with van der Waals surface area (Å²) in [6.07, 6.45) is 3.24. The molecule has 1 saturated carbocycles. The maximum atomic E-state index is 12.8. The van der Waals surface area contributed by atoms with Crippen molar-refractivity contribution in [1.82, 2.24) is 0 Å². The Balaban J connectivity index is 2.15. The van der Waals surface area contributed by atoms with Crippen molar-refractivity contribution in [3.63, 3.8) is 0 Å². The van der Waals surface area contributed by atoms with Gasteiger partial charge in [0.2, 0.25) is 0 Å². The second kappa shape index (κ2) is 4.52. The van der Waals surface area contributed by atoms with E-state index in [2.05, 4.69) is 0 Å². The van der Waals surface area contributed by atoms with Crippen LogP contribution in [0.1, 0.15) is 24.8 Å². The minimum atomic E-state index is -0.317. The first-order chi connectivity index (χ1) is 7.66. The molecule has 0 spiro atoms. The molecule has 1 fully saturated rings. The van der Waals surface area contributed by atoms with E-state index in [4.69, 9.17) is 5.73 Å². The molecule has 3 N–H and O–H groups in total. The van der Waals surface area contributed by atoms with Crippen LogP contribution in [0.5, 0.6) is 0 Å². The van der Waals surface area contributed by atoms with Gasteiger partial charge in [-0.1, -0.05) is 18.6 Å². The molecule has 1 aliphatic carbocycles. The van der Waals surface area contributed by atoms with Gasteiger partial charge in [-0.05, 0) is 37.0 Å². The third-order valence-electron chi connectivity index (χ3n) is 3.74. The monoisotopic (exact) mass is 223 g/mol. The quantitative estimate of drug-likeness (QED) is 0.821. The highest BCUT2D eigenvalue weighted by atomic mass is 19.1. The van der Waals surface area contributed by atoms with Crippen LogP contribution in [0.15, 0.2) is 24.3 Å². The second-order valence-corrected chi connectivity index (χ2v) is 4.78. The zero-order valence-electron chi connectivity index (χ0n) is 9.32. The summed E-state index contributed by atoms with van der Waals surface area (Å²) in [7, 11) is 0. The summed E-state index contributed by atoms with van der Waals surface area (Å²) in [6.45, 7) is 0.492. The molecule has 2 nitrogen and oxygen atoms in total. The molecule has 0 amide bonds. The minimum Gasteiger partial charge on any atom is -0.392 e. The van der Waals surface area contributed by atoms with Gasteiger partial charge in [-0.3, -0.25) is 0 Å². The van der Waals surface area contributed by atoms with Crippen molar-refractivity contribution >= 4 is 0 Å². The van der Waals surface area contributed by atoms with E-state index < -0.39 is 0 Å². The molecule has 0 aliphatic heterocycles. The number of hydrogen-bond acceptors (Lipinski definition) is 2. The van der Waals surface area contributed by atoms with Crippen LogP contribution in [0, 0.1) is 11.2 Å². The molecular weight excluding hydrogens is 205 g/mol. The largest absolute Gasteiger partial charge is 0.392 e. The van der Waals surface area contributed by atoms with Crippen molar-refractivity contribution in [2.75, 3.05) is 6.54 Å². The maximum absolute atomic E-state index is 12.8. The van der Waals surface area contributed by atoms with Crippen molar-refractivity contribution in [2.45, 2.75) is 31.8 Å². The van der Waals surface area contributed by atoms with Gasteiger partial charge in [0.25, 0.3) is 0 Å². The summed E-state index contributed by atoms with van der Waals surface area (Å²) in [5, 5.41) is 10.0. The molecule has 0 heterocycles. The zero-order chi connectivity index (χ0) is 11.6. The lowest BCUT2D eigenvalue weighted by molar-refractivity contribution is 0.0588. The number of aliphatic hydroxyl groups is 1. The molecule has 0 bridgehead atoms. The van der Waals surface area contributed by atoms with Crippen LogP contribution < -0.4 is 5.73 Å². The molecule has 3 heteroatoms. The average Bonchev–Trinajstić information content (AvgIpc) is 2.64. The zero-order valence-corrected chi connectivity index (χ0v) is 9.32. The standard InChI is InChI=1S/C13H18FNO/c14-11-5-3-10(4-6-11)8-13(9-15)7-1-2-12(13)16/h3-6,12,16H,1-2,7-9,15H2. The van der Waals surface area contributed by atoms with Crippen LogP contribution >= 0.6 is 0 Å². The lowest BCUT2D eigenvalue weighted by Crippen LogP contribution is -2.39. The van der Waals surface area contributed by atoms with E-state index in [-0.39, 0.29) is 17.3 Å². The first kappa shape index (κ1) is 11.6. The summed E-state index contributed by atoms with van der Waals surface area (Å²) < 4.78 is 12.8. The highest BCUT2D eigenvalue weighted by molar-refractivity contribution is 5.19. The lowest BCUT2D eigenvalue weighted by Gasteiger charge is -2.31. The van der Waals surface area contributed by atoms with Crippen LogP contribution in [-0.4, -0.2) is 17.8 Å². The van der Waals surface area contributed by atoms with Gasteiger partial charge >= 0.3 is 0 Å². The van der Waals surface area contributed by atoms with E-state index in [0.29, 0.717) is 6.54 Å². The van der Waals surface area contributed by atoms with Gasteiger partial charge in [-0.25, -0.2) is 4.39 Å². The van der Waals surface area contributed by atoms with Crippen molar-refractivity contribution in [3.05, 3.63) is 35.6 Å². The van der Waals surface area contributed by atoms with Gasteiger partial charge in [0.05, 0.1) is 6.10 Å². The van der Waals surface area contributed by atoms with Gasteiger partial charge < -0.3 is 10.8 Å². The fourth-order valence-corrected chi connectivity index (χ4v) is 2.65. The number of nitrogens with two attached hydrogens (primary N) is 1. The van der Waals surface area contributed by atoms with Crippen molar-refractivity contribution in [3.8, 4) is 0 Å². The van der Waals surface area contributed by atoms with Gasteiger partial charge in [0, 0.05) is 12.0 Å². The Morgan fingerprint density at radius 2 is 2.06 bits per heavy atom. The molecule has 2 rings (SSSR count). The highest BCUT2D eigenvalue weighted by Gasteiger charge is 2.40. The SMILES string of the molecule is NCC1(Cc2ccc(F)cc2)CCCC1O. The summed E-state index contributed by atoms with van der Waals surface area (Å²) in [5.41, 5.74) is 6.66. The van der Waals surface area contributed by atoms with Crippen LogP contribution in [0.4, 0.5) is 4.39 Å². The Bertz CT molecular complexity index is 351. The lowest BCUT2D eigenvalue weighted by atomic mass is 9.78. The molecule has 16 heavy (non-hydrogen) atoms. The molecular formula is C13H18FNO. The molecule has 2 atom stereocenters. The molecule has 1 aromatic carbocycles. The Kier molecular flexibility index (Phi) is 3.26. The molecule has 1 aliphatic rings. The summed E-state index contributed by atoms with van der Waals surface area (Å²) in [6, 6.07) is 6.47. The van der Waals surface area contributed by atoms with Gasteiger partial charge in [-0.2, -0.15) is 0 Å². The van der Waals surface area contributed by atoms with Gasteiger partial charge in [-0.15, -0.1) is 0 Å². The Labute approximate surface area is 95.3 Å². The van der Waals surface area contributed by atoms with E-state index in [0.717, 1.165) is 31.2 Å². The van der Waals surface area contributed by atoms with E-state index in [9.17, 15) is 9.50 Å². The number of halogens is 1. The Hall–Kier alpha value is -0.930. The Morgan fingerprint density at radius 3 is 2.56 bits per heavy atom. The first-order valence-electron chi connectivity index (χ1n) is 5.79. The van der Waals surface area contributed by atoms with E-state index in [1.807, 2.05) is 0 Å². The van der Waals surface area contributed by atoms with Crippen molar-refractivity contribution in [2.24, 2.45) is 11.1 Å². The van der Waals surface area contributed by atoms with Crippen molar-refractivity contribution < 1.29 is 9.50 Å². The van der Waals surface area contributed by atoms with E-state index >= 15 is 0 Å². The number of hydrogen-bond donors (Lipinski definition) is 2. The second-order valence-electron chi connectivity index (χ2n) is 4.78. The number of rotatable bonds is 3. The van der Waals surface area contributed by atoms with E-state index in [1.165, 1.54) is 12.1 Å². The Morgan fingerprint density at radius 1 is 1.38 bits per heavy atom. The highest BCUT2D eigenvalue weighted by Crippen LogP contribution is 2.40. The van der Waals surface area contributed by atoms with Gasteiger partial charge in [0.1, 0.15) is 5.82 Å². The van der Waals surface area contributed by atoms with Crippen LogP contribution in [-0.2, 0) is 6.42 Å². The minimum absolute atomic E-state index is 0.197. The van der Waals surface area contributed by atoms with Crippen molar-refractivity contribution in [1.29, 1.82) is 0 Å². The third kappa shape index (κ3) is 2.11. The summed E-state index contributed by atoms with van der Waals surface area (Å²) in [4.78, 5) is 0. The third-order valence-corrected chi connectivity index (χ3v) is 3.74. The molecule has 0 aromatic heterocycles. The number of benzene rings is 1. The van der Waals surface area contributed by atoms with E-state index in [1.54, 1.807) is 12.1 Å². The van der Waals surface area contributed by atoms with Gasteiger partial charge in [0.15, 0.2) is 0 Å². The molecule has 0 saturated heterocycles. The average molecular weight is 223 g/mol. The van der Waals surface area contributed by atoms with Crippen LogP contribution in [0.2, 0.25) is 0 Å². The summed E-state index contributed by atoms with van der Waals surface area (Å²) >= 11 is 0. The molecule has 88 valence electrons. The fraction of sp³-hybridized carbons (Fsp3) is 0.538. The molecule has 2 unspecified atom stereocenters. The summed E-state index contributed by atoms with van der Waals surface area (Å²) in [5.74, 6) is -0.225. The molecule has 1 aromatic rings. The topological polar surface area (TPSA) is 46.2 Å². The molecule has 0 radical (unpaired) electrons. The van der Waals surface area contributed by atoms with Crippen LogP contribution in [0.3, 0.4) is 0 Å². The normalized spacial score (nSPS) is 29.6. The first-order valence-corrected chi connectivity index (χ1v) is 5.79. The predicted molar refractivity (Wildman–Crippen MR) is 61.4 cm³/mol. The number of aliphatic hydroxyl groups excluding tert-OH is 1.